The highest BCUT2D eigenvalue weighted by molar-refractivity contribution is 7.99. The summed E-state index contributed by atoms with van der Waals surface area (Å²) in [5.41, 5.74) is 6.16. The number of hydrogen-bond donors (Lipinski definition) is 0. The van der Waals surface area contributed by atoms with Gasteiger partial charge in [0.15, 0.2) is 0 Å². The van der Waals surface area contributed by atoms with Crippen LogP contribution in [0.2, 0.25) is 0 Å². The van der Waals surface area contributed by atoms with Crippen molar-refractivity contribution in [3.8, 4) is 12.1 Å². The second-order valence-electron chi connectivity index (χ2n) is 7.54. The SMILES string of the molecule is N#CC(C#N)=C(c1ccccc1)c1ccccc1C1c2ccccc2Sc2ccccc21. The van der Waals surface area contributed by atoms with Crippen LogP contribution in [0, 0.1) is 22.7 Å². The largest absolute Gasteiger partial charge is 0.192 e. The smallest absolute Gasteiger partial charge is 0.138 e. The fourth-order valence-electron chi connectivity index (χ4n) is 4.40. The van der Waals surface area contributed by atoms with Crippen molar-refractivity contribution in [2.45, 2.75) is 15.7 Å². The molecule has 5 rings (SSSR count). The van der Waals surface area contributed by atoms with Crippen LogP contribution in [-0.2, 0) is 0 Å². The third kappa shape index (κ3) is 3.40. The number of fused-ring (bicyclic) bond motifs is 2. The molecule has 4 aromatic carbocycles. The molecule has 0 fully saturated rings. The van der Waals surface area contributed by atoms with Crippen LogP contribution in [0.25, 0.3) is 5.57 Å². The van der Waals surface area contributed by atoms with E-state index in [9.17, 15) is 10.5 Å². The van der Waals surface area contributed by atoms with Crippen LogP contribution in [-0.4, -0.2) is 0 Å². The summed E-state index contributed by atoms with van der Waals surface area (Å²) >= 11 is 1.79. The van der Waals surface area contributed by atoms with E-state index in [1.54, 1.807) is 11.8 Å². The van der Waals surface area contributed by atoms with Gasteiger partial charge in [-0.25, -0.2) is 0 Å². The first-order valence-corrected chi connectivity index (χ1v) is 11.2. The number of rotatable bonds is 3. The van der Waals surface area contributed by atoms with Gasteiger partial charge in [0, 0.05) is 21.3 Å². The van der Waals surface area contributed by atoms with E-state index in [0.717, 1.165) is 16.7 Å². The third-order valence-corrected chi connectivity index (χ3v) is 6.94. The molecule has 0 unspecified atom stereocenters. The Balaban J connectivity index is 1.82. The molecule has 1 aliphatic heterocycles. The average Bonchev–Trinajstić information content (AvgIpc) is 2.86. The molecule has 0 amide bonds. The van der Waals surface area contributed by atoms with E-state index in [1.807, 2.05) is 48.5 Å². The number of nitriles is 2. The van der Waals surface area contributed by atoms with Gasteiger partial charge in [-0.2, -0.15) is 10.5 Å². The summed E-state index contributed by atoms with van der Waals surface area (Å²) in [6, 6.07) is 39.1. The van der Waals surface area contributed by atoms with Crippen molar-refractivity contribution in [2.75, 3.05) is 0 Å². The zero-order valence-corrected chi connectivity index (χ0v) is 18.0. The quantitative estimate of drug-likeness (QED) is 0.287. The summed E-state index contributed by atoms with van der Waals surface area (Å²) in [7, 11) is 0. The van der Waals surface area contributed by atoms with Crippen molar-refractivity contribution in [1.82, 2.24) is 0 Å². The molecule has 0 aliphatic carbocycles. The van der Waals surface area contributed by atoms with Gasteiger partial charge in [-0.1, -0.05) is 103 Å². The molecule has 1 aliphatic rings. The topological polar surface area (TPSA) is 47.6 Å². The number of benzene rings is 4. The molecule has 0 aromatic heterocycles. The molecule has 0 bridgehead atoms. The van der Waals surface area contributed by atoms with Crippen LogP contribution < -0.4 is 0 Å². The van der Waals surface area contributed by atoms with E-state index in [4.69, 9.17) is 0 Å². The maximum Gasteiger partial charge on any atom is 0.138 e. The Morgan fingerprint density at radius 2 is 1.09 bits per heavy atom. The van der Waals surface area contributed by atoms with Gasteiger partial charge in [-0.3, -0.25) is 0 Å². The zero-order valence-electron chi connectivity index (χ0n) is 17.2. The van der Waals surface area contributed by atoms with Crippen LogP contribution >= 0.6 is 11.8 Å². The molecule has 0 radical (unpaired) electrons. The van der Waals surface area contributed by atoms with Gasteiger partial charge in [0.25, 0.3) is 0 Å². The van der Waals surface area contributed by atoms with Gasteiger partial charge in [0.2, 0.25) is 0 Å². The van der Waals surface area contributed by atoms with Crippen molar-refractivity contribution >= 4 is 17.3 Å². The molecule has 2 nitrogen and oxygen atoms in total. The lowest BCUT2D eigenvalue weighted by molar-refractivity contribution is 0.898. The molecule has 32 heavy (non-hydrogen) atoms. The fraction of sp³-hybridized carbons (Fsp3) is 0.0345. The fourth-order valence-corrected chi connectivity index (χ4v) is 5.54. The van der Waals surface area contributed by atoms with Crippen LogP contribution in [0.4, 0.5) is 0 Å². The van der Waals surface area contributed by atoms with Crippen molar-refractivity contribution < 1.29 is 0 Å². The minimum Gasteiger partial charge on any atom is -0.192 e. The average molecular weight is 427 g/mol. The summed E-state index contributed by atoms with van der Waals surface area (Å²) < 4.78 is 0. The molecule has 1 heterocycles. The van der Waals surface area contributed by atoms with Gasteiger partial charge in [0.1, 0.15) is 17.7 Å². The molecule has 3 heteroatoms. The summed E-state index contributed by atoms with van der Waals surface area (Å²) in [6.07, 6.45) is 0. The Morgan fingerprint density at radius 3 is 1.69 bits per heavy atom. The van der Waals surface area contributed by atoms with Gasteiger partial charge in [0.05, 0.1) is 0 Å². The molecule has 4 aromatic rings. The summed E-state index contributed by atoms with van der Waals surface area (Å²) in [5.74, 6) is 0.0113. The van der Waals surface area contributed by atoms with Gasteiger partial charge in [-0.05, 0) is 39.9 Å². The molecule has 0 N–H and O–H groups in total. The van der Waals surface area contributed by atoms with Crippen LogP contribution in [0.1, 0.15) is 33.7 Å². The maximum absolute atomic E-state index is 9.80. The summed E-state index contributed by atoms with van der Waals surface area (Å²) in [4.78, 5) is 2.47. The van der Waals surface area contributed by atoms with Crippen molar-refractivity contribution in [2.24, 2.45) is 0 Å². The molecule has 0 saturated heterocycles. The number of nitrogens with zero attached hydrogens (tertiary/aromatic N) is 2. The molecular formula is C29H18N2S. The minimum absolute atomic E-state index is 0.0113. The molecule has 0 saturated carbocycles. The normalized spacial score (nSPS) is 12.1. The van der Waals surface area contributed by atoms with E-state index in [0.29, 0.717) is 5.57 Å². The maximum atomic E-state index is 9.80. The molecule has 0 atom stereocenters. The highest BCUT2D eigenvalue weighted by Crippen LogP contribution is 2.50. The van der Waals surface area contributed by atoms with Crippen molar-refractivity contribution in [3.05, 3.63) is 137 Å². The highest BCUT2D eigenvalue weighted by atomic mass is 32.2. The Labute approximate surface area is 192 Å². The standard InChI is InChI=1S/C29H18N2S/c30-18-21(19-31)28(20-10-2-1-3-11-20)22-12-4-5-13-23(22)29-24-14-6-8-16-26(24)32-27-17-9-7-15-25(27)29/h1-17,29H. The van der Waals surface area contributed by atoms with E-state index >= 15 is 0 Å². The minimum atomic E-state index is 0.0113. The summed E-state index contributed by atoms with van der Waals surface area (Å²) in [6.45, 7) is 0. The van der Waals surface area contributed by atoms with E-state index < -0.39 is 0 Å². The van der Waals surface area contributed by atoms with Gasteiger partial charge in [-0.15, -0.1) is 0 Å². The molecule has 150 valence electrons. The Morgan fingerprint density at radius 1 is 0.594 bits per heavy atom. The van der Waals surface area contributed by atoms with Gasteiger partial charge < -0.3 is 0 Å². The lowest BCUT2D eigenvalue weighted by Crippen LogP contribution is -2.12. The van der Waals surface area contributed by atoms with E-state index in [-0.39, 0.29) is 11.5 Å². The first kappa shape index (κ1) is 19.9. The second kappa shape index (κ2) is 8.60. The lowest BCUT2D eigenvalue weighted by atomic mass is 9.79. The van der Waals surface area contributed by atoms with Crippen molar-refractivity contribution in [1.29, 1.82) is 10.5 Å². The second-order valence-corrected chi connectivity index (χ2v) is 8.62. The predicted octanol–water partition coefficient (Wildman–Crippen LogP) is 7.18. The number of allylic oxidation sites excluding steroid dienone is 1. The Hall–Kier alpha value is -4.05. The monoisotopic (exact) mass is 426 g/mol. The zero-order chi connectivity index (χ0) is 21.9. The van der Waals surface area contributed by atoms with E-state index in [2.05, 4.69) is 66.7 Å². The first-order valence-electron chi connectivity index (χ1n) is 10.4. The van der Waals surface area contributed by atoms with Crippen LogP contribution in [0.15, 0.2) is 118 Å². The summed E-state index contributed by atoms with van der Waals surface area (Å²) in [5, 5.41) is 19.6. The highest BCUT2D eigenvalue weighted by Gasteiger charge is 2.30. The lowest BCUT2D eigenvalue weighted by Gasteiger charge is -2.30. The van der Waals surface area contributed by atoms with E-state index in [1.165, 1.54) is 20.9 Å². The Bertz CT molecular complexity index is 1360. The van der Waals surface area contributed by atoms with Gasteiger partial charge >= 0.3 is 0 Å². The first-order chi connectivity index (χ1) is 15.8. The van der Waals surface area contributed by atoms with Crippen LogP contribution in [0.3, 0.4) is 0 Å². The predicted molar refractivity (Wildman–Crippen MR) is 128 cm³/mol. The molecule has 0 spiro atoms. The van der Waals surface area contributed by atoms with Crippen LogP contribution in [0.5, 0.6) is 0 Å². The Kier molecular flexibility index (Phi) is 5.34. The van der Waals surface area contributed by atoms with Crippen molar-refractivity contribution in [3.63, 3.8) is 0 Å². The molecular weight excluding hydrogens is 408 g/mol. The third-order valence-electron chi connectivity index (χ3n) is 5.76. The number of hydrogen-bond acceptors (Lipinski definition) is 3.